The van der Waals surface area contributed by atoms with E-state index in [9.17, 15) is 4.79 Å². The Morgan fingerprint density at radius 3 is 2.88 bits per heavy atom. The fourth-order valence-corrected chi connectivity index (χ4v) is 2.31. The molecule has 1 amide bonds. The Hall–Kier alpha value is -1.51. The highest BCUT2D eigenvalue weighted by Gasteiger charge is 2.32. The van der Waals surface area contributed by atoms with Crippen LogP contribution in [0.2, 0.25) is 0 Å². The molecule has 0 radical (unpaired) electrons. The van der Waals surface area contributed by atoms with Crippen molar-refractivity contribution in [1.29, 1.82) is 0 Å². The Morgan fingerprint density at radius 2 is 2.06 bits per heavy atom. The SMILES string of the molecule is O=C(N[C@H]1CCCOc2ccccc21)C1CC1. The maximum atomic E-state index is 11.8. The molecule has 1 aromatic carbocycles. The number of carbonyl (C=O) groups excluding carboxylic acids is 1. The molecule has 1 aliphatic carbocycles. The maximum Gasteiger partial charge on any atom is 0.223 e. The highest BCUT2D eigenvalue weighted by Crippen LogP contribution is 2.34. The van der Waals surface area contributed by atoms with Crippen molar-refractivity contribution < 1.29 is 9.53 Å². The third-order valence-corrected chi connectivity index (χ3v) is 3.45. The molecule has 1 aromatic rings. The minimum atomic E-state index is 0.127. The summed E-state index contributed by atoms with van der Waals surface area (Å²) < 4.78 is 5.69. The van der Waals surface area contributed by atoms with Gasteiger partial charge in [-0.05, 0) is 31.7 Å². The number of hydrogen-bond acceptors (Lipinski definition) is 2. The molecule has 1 fully saturated rings. The quantitative estimate of drug-likeness (QED) is 0.849. The predicted octanol–water partition coefficient (Wildman–Crippen LogP) is 2.43. The van der Waals surface area contributed by atoms with Crippen LogP contribution in [-0.2, 0) is 4.79 Å². The van der Waals surface area contributed by atoms with Crippen LogP contribution in [0.1, 0.15) is 37.3 Å². The molecule has 0 aromatic heterocycles. The van der Waals surface area contributed by atoms with Crippen LogP contribution in [0.3, 0.4) is 0 Å². The van der Waals surface area contributed by atoms with Gasteiger partial charge in [-0.25, -0.2) is 0 Å². The summed E-state index contributed by atoms with van der Waals surface area (Å²) in [6, 6.07) is 8.14. The molecule has 0 unspecified atom stereocenters. The molecule has 3 rings (SSSR count). The van der Waals surface area contributed by atoms with Gasteiger partial charge in [-0.3, -0.25) is 4.79 Å². The minimum Gasteiger partial charge on any atom is -0.493 e. The molecule has 0 spiro atoms. The molecule has 3 heteroatoms. The molecule has 17 heavy (non-hydrogen) atoms. The second-order valence-electron chi connectivity index (χ2n) is 4.86. The van der Waals surface area contributed by atoms with Gasteiger partial charge in [-0.2, -0.15) is 0 Å². The molecular weight excluding hydrogens is 214 g/mol. The van der Waals surface area contributed by atoms with Gasteiger partial charge >= 0.3 is 0 Å². The van der Waals surface area contributed by atoms with E-state index in [1.54, 1.807) is 0 Å². The average Bonchev–Trinajstić information content (AvgIpc) is 3.16. The predicted molar refractivity (Wildman–Crippen MR) is 64.8 cm³/mol. The Kier molecular flexibility index (Phi) is 2.75. The smallest absolute Gasteiger partial charge is 0.223 e. The molecule has 2 aliphatic rings. The van der Waals surface area contributed by atoms with Gasteiger partial charge in [-0.1, -0.05) is 18.2 Å². The van der Waals surface area contributed by atoms with E-state index in [0.29, 0.717) is 0 Å². The number of benzene rings is 1. The van der Waals surface area contributed by atoms with Crippen molar-refractivity contribution in [2.24, 2.45) is 5.92 Å². The molecular formula is C14H17NO2. The molecule has 1 saturated carbocycles. The van der Waals surface area contributed by atoms with E-state index >= 15 is 0 Å². The van der Waals surface area contributed by atoms with Crippen molar-refractivity contribution in [2.75, 3.05) is 6.61 Å². The zero-order chi connectivity index (χ0) is 11.7. The van der Waals surface area contributed by atoms with Crippen LogP contribution in [0.5, 0.6) is 5.75 Å². The first-order valence-corrected chi connectivity index (χ1v) is 6.37. The van der Waals surface area contributed by atoms with Crippen LogP contribution >= 0.6 is 0 Å². The van der Waals surface area contributed by atoms with Crippen LogP contribution in [0.25, 0.3) is 0 Å². The van der Waals surface area contributed by atoms with E-state index in [0.717, 1.165) is 43.6 Å². The van der Waals surface area contributed by atoms with E-state index in [1.165, 1.54) is 0 Å². The minimum absolute atomic E-state index is 0.127. The molecule has 3 nitrogen and oxygen atoms in total. The van der Waals surface area contributed by atoms with Crippen LogP contribution in [0, 0.1) is 5.92 Å². The number of fused-ring (bicyclic) bond motifs is 1. The van der Waals surface area contributed by atoms with Crippen molar-refractivity contribution in [2.45, 2.75) is 31.7 Å². The zero-order valence-electron chi connectivity index (χ0n) is 9.82. The van der Waals surface area contributed by atoms with Gasteiger partial charge in [0.15, 0.2) is 0 Å². The topological polar surface area (TPSA) is 38.3 Å². The molecule has 0 saturated heterocycles. The third-order valence-electron chi connectivity index (χ3n) is 3.45. The first-order valence-electron chi connectivity index (χ1n) is 6.37. The number of amides is 1. The summed E-state index contributed by atoms with van der Waals surface area (Å²) in [5.74, 6) is 1.41. The van der Waals surface area contributed by atoms with Crippen LogP contribution < -0.4 is 10.1 Å². The Morgan fingerprint density at radius 1 is 1.24 bits per heavy atom. The van der Waals surface area contributed by atoms with Crippen LogP contribution in [0.4, 0.5) is 0 Å². The fourth-order valence-electron chi connectivity index (χ4n) is 2.31. The van der Waals surface area contributed by atoms with Crippen molar-refractivity contribution in [3.63, 3.8) is 0 Å². The molecule has 0 bridgehead atoms. The lowest BCUT2D eigenvalue weighted by atomic mass is 10.0. The van der Waals surface area contributed by atoms with Gasteiger partial charge in [-0.15, -0.1) is 0 Å². The van der Waals surface area contributed by atoms with Crippen molar-refractivity contribution >= 4 is 5.91 Å². The van der Waals surface area contributed by atoms with Gasteiger partial charge < -0.3 is 10.1 Å². The van der Waals surface area contributed by atoms with E-state index in [-0.39, 0.29) is 17.9 Å². The number of nitrogens with one attached hydrogen (secondary N) is 1. The summed E-state index contributed by atoms with van der Waals surface area (Å²) in [6.07, 6.45) is 4.06. The zero-order valence-corrected chi connectivity index (χ0v) is 9.82. The number of ether oxygens (including phenoxy) is 1. The third kappa shape index (κ3) is 2.28. The average molecular weight is 231 g/mol. The normalized spacial score (nSPS) is 23.2. The van der Waals surface area contributed by atoms with E-state index in [2.05, 4.69) is 11.4 Å². The lowest BCUT2D eigenvalue weighted by Gasteiger charge is -2.18. The molecule has 1 atom stereocenters. The van der Waals surface area contributed by atoms with Crippen molar-refractivity contribution in [1.82, 2.24) is 5.32 Å². The van der Waals surface area contributed by atoms with Gasteiger partial charge in [0.1, 0.15) is 5.75 Å². The number of carbonyl (C=O) groups is 1. The lowest BCUT2D eigenvalue weighted by molar-refractivity contribution is -0.123. The standard InChI is InChI=1S/C14H17NO2/c16-14(10-7-8-10)15-12-5-3-9-17-13-6-2-1-4-11(12)13/h1-2,4,6,10,12H,3,5,7-9H2,(H,15,16)/t12-/m0/s1. The highest BCUT2D eigenvalue weighted by atomic mass is 16.5. The molecule has 1 heterocycles. The molecule has 90 valence electrons. The van der Waals surface area contributed by atoms with Gasteiger partial charge in [0.2, 0.25) is 5.91 Å². The van der Waals surface area contributed by atoms with Gasteiger partial charge in [0.25, 0.3) is 0 Å². The summed E-state index contributed by atoms with van der Waals surface area (Å²) in [6.45, 7) is 0.743. The highest BCUT2D eigenvalue weighted by molar-refractivity contribution is 5.81. The lowest BCUT2D eigenvalue weighted by Crippen LogP contribution is -2.29. The maximum absolute atomic E-state index is 11.8. The van der Waals surface area contributed by atoms with Crippen molar-refractivity contribution in [3.05, 3.63) is 29.8 Å². The summed E-state index contributed by atoms with van der Waals surface area (Å²) in [4.78, 5) is 11.8. The van der Waals surface area contributed by atoms with E-state index in [1.807, 2.05) is 18.2 Å². The van der Waals surface area contributed by atoms with E-state index in [4.69, 9.17) is 4.74 Å². The summed E-state index contributed by atoms with van der Waals surface area (Å²) in [5.41, 5.74) is 1.12. The number of hydrogen-bond donors (Lipinski definition) is 1. The second-order valence-corrected chi connectivity index (χ2v) is 4.86. The number of rotatable bonds is 2. The second kappa shape index (κ2) is 4.40. The van der Waals surface area contributed by atoms with E-state index < -0.39 is 0 Å². The first kappa shape index (κ1) is 10.6. The first-order chi connectivity index (χ1) is 8.34. The monoisotopic (exact) mass is 231 g/mol. The Labute approximate surface area is 101 Å². The molecule has 1 N–H and O–H groups in total. The summed E-state index contributed by atoms with van der Waals surface area (Å²) in [7, 11) is 0. The van der Waals surface area contributed by atoms with Crippen molar-refractivity contribution in [3.8, 4) is 5.75 Å². The summed E-state index contributed by atoms with van der Waals surface area (Å²) >= 11 is 0. The van der Waals surface area contributed by atoms with Crippen LogP contribution in [0.15, 0.2) is 24.3 Å². The Bertz CT molecular complexity index is 426. The summed E-state index contributed by atoms with van der Waals surface area (Å²) in [5, 5.41) is 3.16. The van der Waals surface area contributed by atoms with Gasteiger partial charge in [0.05, 0.1) is 12.6 Å². The largest absolute Gasteiger partial charge is 0.493 e. The molecule has 1 aliphatic heterocycles. The van der Waals surface area contributed by atoms with Gasteiger partial charge in [0, 0.05) is 11.5 Å². The Balaban J connectivity index is 1.80. The van der Waals surface area contributed by atoms with Crippen LogP contribution in [-0.4, -0.2) is 12.5 Å². The fraction of sp³-hybridized carbons (Fsp3) is 0.500. The number of para-hydroxylation sites is 1.